The van der Waals surface area contributed by atoms with Gasteiger partial charge in [-0.1, -0.05) is 55.0 Å². The minimum atomic E-state index is 0.465. The van der Waals surface area contributed by atoms with Gasteiger partial charge in [0, 0.05) is 5.92 Å². The largest absolute Gasteiger partial charge is 0.493 e. The molecule has 1 unspecified atom stereocenters. The van der Waals surface area contributed by atoms with Gasteiger partial charge in [-0.2, -0.15) is 0 Å². The van der Waals surface area contributed by atoms with Crippen LogP contribution < -0.4 is 4.74 Å². The Labute approximate surface area is 109 Å². The third-order valence-electron chi connectivity index (χ3n) is 3.24. The normalized spacial score (nSPS) is 12.1. The minimum Gasteiger partial charge on any atom is -0.493 e. The molecule has 1 heteroatoms. The van der Waals surface area contributed by atoms with Crippen molar-refractivity contribution in [2.45, 2.75) is 26.2 Å². The minimum absolute atomic E-state index is 0.465. The fourth-order valence-electron chi connectivity index (χ4n) is 2.01. The molecule has 0 saturated carbocycles. The third kappa shape index (κ3) is 3.36. The second-order valence-corrected chi connectivity index (χ2v) is 4.64. The Morgan fingerprint density at radius 1 is 0.944 bits per heavy atom. The number of aryl methyl sites for hydroxylation is 1. The van der Waals surface area contributed by atoms with Crippen molar-refractivity contribution in [3.8, 4) is 5.75 Å². The standard InChI is InChI=1S/C17H20O/c1-3-15(16-7-5-4-6-8-16)13-18-17-11-9-14(2)10-12-17/h4-12,15H,3,13H2,1-2H3. The summed E-state index contributed by atoms with van der Waals surface area (Å²) in [7, 11) is 0. The average molecular weight is 240 g/mol. The molecule has 0 fully saturated rings. The molecule has 0 bridgehead atoms. The molecule has 0 aliphatic rings. The Bertz CT molecular complexity index is 459. The van der Waals surface area contributed by atoms with E-state index in [1.165, 1.54) is 11.1 Å². The second kappa shape index (κ2) is 6.25. The van der Waals surface area contributed by atoms with Gasteiger partial charge < -0.3 is 4.74 Å². The highest BCUT2D eigenvalue weighted by Gasteiger charge is 2.09. The summed E-state index contributed by atoms with van der Waals surface area (Å²) in [6, 6.07) is 18.8. The smallest absolute Gasteiger partial charge is 0.119 e. The van der Waals surface area contributed by atoms with E-state index in [2.05, 4.69) is 56.3 Å². The summed E-state index contributed by atoms with van der Waals surface area (Å²) in [5.74, 6) is 1.42. The highest BCUT2D eigenvalue weighted by molar-refractivity contribution is 5.27. The van der Waals surface area contributed by atoms with Crippen LogP contribution in [0.1, 0.15) is 30.4 Å². The molecule has 18 heavy (non-hydrogen) atoms. The molecular formula is C17H20O. The van der Waals surface area contributed by atoms with Crippen molar-refractivity contribution in [3.63, 3.8) is 0 Å². The molecule has 1 nitrogen and oxygen atoms in total. The first-order valence-corrected chi connectivity index (χ1v) is 6.54. The Balaban J connectivity index is 1.97. The van der Waals surface area contributed by atoms with Crippen molar-refractivity contribution in [2.75, 3.05) is 6.61 Å². The van der Waals surface area contributed by atoms with Crippen LogP contribution in [0.15, 0.2) is 54.6 Å². The van der Waals surface area contributed by atoms with E-state index in [0.29, 0.717) is 5.92 Å². The molecule has 1 atom stereocenters. The number of hydrogen-bond acceptors (Lipinski definition) is 1. The molecule has 0 saturated heterocycles. The fourth-order valence-corrected chi connectivity index (χ4v) is 2.01. The summed E-state index contributed by atoms with van der Waals surface area (Å²) >= 11 is 0. The van der Waals surface area contributed by atoms with Crippen LogP contribution in [-0.4, -0.2) is 6.61 Å². The predicted molar refractivity (Wildman–Crippen MR) is 76.1 cm³/mol. The molecule has 2 aromatic carbocycles. The monoisotopic (exact) mass is 240 g/mol. The first-order chi connectivity index (χ1) is 8.79. The van der Waals surface area contributed by atoms with Gasteiger partial charge in [-0.05, 0) is 31.0 Å². The van der Waals surface area contributed by atoms with Crippen LogP contribution in [0, 0.1) is 6.92 Å². The molecule has 94 valence electrons. The van der Waals surface area contributed by atoms with E-state index in [4.69, 9.17) is 4.74 Å². The van der Waals surface area contributed by atoms with Crippen molar-refractivity contribution < 1.29 is 4.74 Å². The summed E-state index contributed by atoms with van der Waals surface area (Å²) in [6.07, 6.45) is 1.09. The van der Waals surface area contributed by atoms with Crippen LogP contribution in [0.2, 0.25) is 0 Å². The van der Waals surface area contributed by atoms with E-state index in [1.54, 1.807) is 0 Å². The van der Waals surface area contributed by atoms with Gasteiger partial charge in [0.05, 0.1) is 6.61 Å². The maximum atomic E-state index is 5.87. The zero-order chi connectivity index (χ0) is 12.8. The second-order valence-electron chi connectivity index (χ2n) is 4.64. The van der Waals surface area contributed by atoms with Crippen molar-refractivity contribution in [2.24, 2.45) is 0 Å². The Hall–Kier alpha value is -1.76. The molecular weight excluding hydrogens is 220 g/mol. The van der Waals surface area contributed by atoms with Gasteiger partial charge >= 0.3 is 0 Å². The average Bonchev–Trinajstić information content (AvgIpc) is 2.43. The highest BCUT2D eigenvalue weighted by Crippen LogP contribution is 2.21. The van der Waals surface area contributed by atoms with E-state index < -0.39 is 0 Å². The predicted octanol–water partition coefficient (Wildman–Crippen LogP) is 4.57. The Morgan fingerprint density at radius 3 is 2.22 bits per heavy atom. The maximum absolute atomic E-state index is 5.87. The van der Waals surface area contributed by atoms with E-state index in [9.17, 15) is 0 Å². The molecule has 0 radical (unpaired) electrons. The van der Waals surface area contributed by atoms with Crippen molar-refractivity contribution in [1.29, 1.82) is 0 Å². The summed E-state index contributed by atoms with van der Waals surface area (Å²) in [4.78, 5) is 0. The highest BCUT2D eigenvalue weighted by atomic mass is 16.5. The molecule has 0 aliphatic carbocycles. The van der Waals surface area contributed by atoms with Gasteiger partial charge in [0.1, 0.15) is 5.75 Å². The summed E-state index contributed by atoms with van der Waals surface area (Å²) in [5, 5.41) is 0. The lowest BCUT2D eigenvalue weighted by Crippen LogP contribution is -2.09. The van der Waals surface area contributed by atoms with Crippen LogP contribution in [0.3, 0.4) is 0 Å². The van der Waals surface area contributed by atoms with Crippen molar-refractivity contribution in [3.05, 3.63) is 65.7 Å². The van der Waals surface area contributed by atoms with Crippen LogP contribution in [0.25, 0.3) is 0 Å². The first kappa shape index (κ1) is 12.7. The quantitative estimate of drug-likeness (QED) is 0.744. The zero-order valence-electron chi connectivity index (χ0n) is 11.1. The molecule has 0 heterocycles. The lowest BCUT2D eigenvalue weighted by molar-refractivity contribution is 0.285. The molecule has 0 aromatic heterocycles. The van der Waals surface area contributed by atoms with Gasteiger partial charge in [0.2, 0.25) is 0 Å². The number of hydrogen-bond donors (Lipinski definition) is 0. The van der Waals surface area contributed by atoms with Gasteiger partial charge in [-0.15, -0.1) is 0 Å². The molecule has 2 aromatic rings. The molecule has 0 N–H and O–H groups in total. The Morgan fingerprint density at radius 2 is 1.61 bits per heavy atom. The number of rotatable bonds is 5. The maximum Gasteiger partial charge on any atom is 0.119 e. The van der Waals surface area contributed by atoms with Gasteiger partial charge in [0.15, 0.2) is 0 Å². The lowest BCUT2D eigenvalue weighted by atomic mass is 9.98. The topological polar surface area (TPSA) is 9.23 Å². The fraction of sp³-hybridized carbons (Fsp3) is 0.294. The van der Waals surface area contributed by atoms with E-state index in [-0.39, 0.29) is 0 Å². The summed E-state index contributed by atoms with van der Waals surface area (Å²) in [5.41, 5.74) is 2.62. The van der Waals surface area contributed by atoms with Crippen LogP contribution in [0.4, 0.5) is 0 Å². The van der Waals surface area contributed by atoms with E-state index >= 15 is 0 Å². The summed E-state index contributed by atoms with van der Waals surface area (Å²) < 4.78 is 5.87. The van der Waals surface area contributed by atoms with E-state index in [1.807, 2.05) is 12.1 Å². The van der Waals surface area contributed by atoms with Crippen molar-refractivity contribution >= 4 is 0 Å². The van der Waals surface area contributed by atoms with Crippen LogP contribution >= 0.6 is 0 Å². The van der Waals surface area contributed by atoms with Crippen molar-refractivity contribution in [1.82, 2.24) is 0 Å². The first-order valence-electron chi connectivity index (χ1n) is 6.54. The van der Waals surface area contributed by atoms with Crippen LogP contribution in [0.5, 0.6) is 5.75 Å². The third-order valence-corrected chi connectivity index (χ3v) is 3.24. The van der Waals surface area contributed by atoms with Gasteiger partial charge in [-0.25, -0.2) is 0 Å². The van der Waals surface area contributed by atoms with Gasteiger partial charge in [0.25, 0.3) is 0 Å². The SMILES string of the molecule is CCC(COc1ccc(C)cc1)c1ccccc1. The number of benzene rings is 2. The molecule has 2 rings (SSSR count). The molecule has 0 amide bonds. The molecule has 0 aliphatic heterocycles. The van der Waals surface area contributed by atoms with Gasteiger partial charge in [-0.3, -0.25) is 0 Å². The summed E-state index contributed by atoms with van der Waals surface area (Å²) in [6.45, 7) is 5.03. The number of ether oxygens (including phenoxy) is 1. The molecule has 0 spiro atoms. The van der Waals surface area contributed by atoms with E-state index in [0.717, 1.165) is 18.8 Å². The zero-order valence-corrected chi connectivity index (χ0v) is 11.1. The Kier molecular flexibility index (Phi) is 4.40. The van der Waals surface area contributed by atoms with Crippen LogP contribution in [-0.2, 0) is 0 Å². The lowest BCUT2D eigenvalue weighted by Gasteiger charge is -2.16.